The summed E-state index contributed by atoms with van der Waals surface area (Å²) in [4.78, 5) is 0. The lowest BCUT2D eigenvalue weighted by Gasteiger charge is -2.30. The van der Waals surface area contributed by atoms with Crippen molar-refractivity contribution >= 4 is 0 Å². The van der Waals surface area contributed by atoms with Gasteiger partial charge < -0.3 is 9.84 Å². The Morgan fingerprint density at radius 1 is 1.29 bits per heavy atom. The van der Waals surface area contributed by atoms with E-state index in [4.69, 9.17) is 4.74 Å². The summed E-state index contributed by atoms with van der Waals surface area (Å²) in [7, 11) is 0. The van der Waals surface area contributed by atoms with Crippen LogP contribution in [-0.4, -0.2) is 17.8 Å². The van der Waals surface area contributed by atoms with Crippen molar-refractivity contribution in [1.82, 2.24) is 0 Å². The Morgan fingerprint density at radius 2 is 2.06 bits per heavy atom. The van der Waals surface area contributed by atoms with Crippen LogP contribution in [0.2, 0.25) is 0 Å². The predicted molar refractivity (Wildman–Crippen MR) is 68.9 cm³/mol. The molecule has 2 rings (SSSR count). The van der Waals surface area contributed by atoms with Gasteiger partial charge in [-0.15, -0.1) is 0 Å². The minimum Gasteiger partial charge on any atom is -0.390 e. The Labute approximate surface area is 104 Å². The van der Waals surface area contributed by atoms with E-state index in [9.17, 15) is 5.11 Å². The largest absolute Gasteiger partial charge is 0.390 e. The van der Waals surface area contributed by atoms with Crippen LogP contribution in [0.5, 0.6) is 0 Å². The van der Waals surface area contributed by atoms with Crippen LogP contribution in [0.15, 0.2) is 24.3 Å². The number of hydrogen-bond donors (Lipinski definition) is 1. The maximum absolute atomic E-state index is 10.2. The molecule has 1 aliphatic rings. The second-order valence-electron chi connectivity index (χ2n) is 5.28. The normalized spacial score (nSPS) is 21.3. The predicted octanol–water partition coefficient (Wildman–Crippen LogP) is 3.10. The molecule has 2 unspecified atom stereocenters. The molecule has 1 aliphatic heterocycles. The summed E-state index contributed by atoms with van der Waals surface area (Å²) in [6, 6.07) is 8.30. The van der Waals surface area contributed by atoms with Gasteiger partial charge in [0.2, 0.25) is 0 Å². The van der Waals surface area contributed by atoms with E-state index in [1.807, 2.05) is 6.07 Å². The lowest BCUT2D eigenvalue weighted by Crippen LogP contribution is -2.27. The standard InChI is InChI=1S/C15H22O2/c1-11(2)7-8-14(16)15-13-6-4-3-5-12(13)9-10-17-15/h3-6,11,14-16H,7-10H2,1-2H3. The fraction of sp³-hybridized carbons (Fsp3) is 0.600. The maximum atomic E-state index is 10.2. The zero-order valence-electron chi connectivity index (χ0n) is 10.7. The van der Waals surface area contributed by atoms with Gasteiger partial charge in [-0.05, 0) is 36.3 Å². The van der Waals surface area contributed by atoms with E-state index >= 15 is 0 Å². The quantitative estimate of drug-likeness (QED) is 0.867. The van der Waals surface area contributed by atoms with Gasteiger partial charge in [-0.2, -0.15) is 0 Å². The first-order valence-electron chi connectivity index (χ1n) is 6.56. The smallest absolute Gasteiger partial charge is 0.109 e. The number of benzene rings is 1. The van der Waals surface area contributed by atoms with E-state index in [1.54, 1.807) is 0 Å². The number of hydrogen-bond acceptors (Lipinski definition) is 2. The van der Waals surface area contributed by atoms with Crippen molar-refractivity contribution in [2.75, 3.05) is 6.61 Å². The molecule has 0 aliphatic carbocycles. The van der Waals surface area contributed by atoms with Gasteiger partial charge in [0.05, 0.1) is 12.7 Å². The lowest BCUT2D eigenvalue weighted by atomic mass is 9.91. The second kappa shape index (κ2) is 5.65. The Bertz CT molecular complexity index is 360. The van der Waals surface area contributed by atoms with Gasteiger partial charge in [-0.1, -0.05) is 38.1 Å². The lowest BCUT2D eigenvalue weighted by molar-refractivity contribution is -0.0511. The summed E-state index contributed by atoms with van der Waals surface area (Å²) < 4.78 is 5.75. The van der Waals surface area contributed by atoms with Crippen LogP contribution in [0.3, 0.4) is 0 Å². The highest BCUT2D eigenvalue weighted by molar-refractivity contribution is 5.31. The van der Waals surface area contributed by atoms with Crippen LogP contribution in [0.25, 0.3) is 0 Å². The van der Waals surface area contributed by atoms with Crippen LogP contribution in [0, 0.1) is 5.92 Å². The molecule has 0 saturated heterocycles. The van der Waals surface area contributed by atoms with Crippen LogP contribution in [-0.2, 0) is 11.2 Å². The van der Waals surface area contributed by atoms with Gasteiger partial charge in [-0.3, -0.25) is 0 Å². The summed E-state index contributed by atoms with van der Waals surface area (Å²) in [6.07, 6.45) is 2.32. The van der Waals surface area contributed by atoms with E-state index in [0.717, 1.165) is 25.9 Å². The average Bonchev–Trinajstić information content (AvgIpc) is 2.35. The van der Waals surface area contributed by atoms with E-state index in [1.165, 1.54) is 11.1 Å². The van der Waals surface area contributed by atoms with Gasteiger partial charge in [0.1, 0.15) is 6.10 Å². The van der Waals surface area contributed by atoms with Crippen molar-refractivity contribution in [3.63, 3.8) is 0 Å². The fourth-order valence-corrected chi connectivity index (χ4v) is 2.40. The van der Waals surface area contributed by atoms with Crippen molar-refractivity contribution in [2.45, 2.75) is 45.3 Å². The van der Waals surface area contributed by atoms with Crippen LogP contribution < -0.4 is 0 Å². The second-order valence-corrected chi connectivity index (χ2v) is 5.28. The van der Waals surface area contributed by atoms with Crippen molar-refractivity contribution in [3.8, 4) is 0 Å². The van der Waals surface area contributed by atoms with E-state index < -0.39 is 0 Å². The molecule has 0 radical (unpaired) electrons. The van der Waals surface area contributed by atoms with Gasteiger partial charge in [0.15, 0.2) is 0 Å². The van der Waals surface area contributed by atoms with Crippen molar-refractivity contribution in [1.29, 1.82) is 0 Å². The highest BCUT2D eigenvalue weighted by Crippen LogP contribution is 2.31. The zero-order chi connectivity index (χ0) is 12.3. The van der Waals surface area contributed by atoms with E-state index in [2.05, 4.69) is 32.0 Å². The zero-order valence-corrected chi connectivity index (χ0v) is 10.7. The fourth-order valence-electron chi connectivity index (χ4n) is 2.40. The number of aliphatic hydroxyl groups is 1. The summed E-state index contributed by atoms with van der Waals surface area (Å²) in [5, 5.41) is 10.2. The number of ether oxygens (including phenoxy) is 1. The minimum absolute atomic E-state index is 0.126. The summed E-state index contributed by atoms with van der Waals surface area (Å²) in [6.45, 7) is 5.09. The SMILES string of the molecule is CC(C)CCC(O)C1OCCc2ccccc21. The van der Waals surface area contributed by atoms with Crippen LogP contribution in [0.1, 0.15) is 43.9 Å². The van der Waals surface area contributed by atoms with Gasteiger partial charge in [0.25, 0.3) is 0 Å². The number of fused-ring (bicyclic) bond motifs is 1. The topological polar surface area (TPSA) is 29.5 Å². The molecule has 1 N–H and O–H groups in total. The molecule has 1 aromatic carbocycles. The number of rotatable bonds is 4. The molecule has 0 saturated carbocycles. The molecule has 0 bridgehead atoms. The van der Waals surface area contributed by atoms with Crippen LogP contribution in [0.4, 0.5) is 0 Å². The van der Waals surface area contributed by atoms with Gasteiger partial charge in [0, 0.05) is 0 Å². The molecule has 2 nitrogen and oxygen atoms in total. The molecule has 0 amide bonds. The third-order valence-corrected chi connectivity index (χ3v) is 3.42. The van der Waals surface area contributed by atoms with E-state index in [-0.39, 0.29) is 12.2 Å². The molecular formula is C15H22O2. The molecule has 94 valence electrons. The summed E-state index contributed by atoms with van der Waals surface area (Å²) >= 11 is 0. The molecule has 0 fully saturated rings. The highest BCUT2D eigenvalue weighted by atomic mass is 16.5. The first kappa shape index (κ1) is 12.6. The third kappa shape index (κ3) is 3.08. The molecule has 2 atom stereocenters. The number of aliphatic hydroxyl groups excluding tert-OH is 1. The van der Waals surface area contributed by atoms with Crippen molar-refractivity contribution in [2.24, 2.45) is 5.92 Å². The van der Waals surface area contributed by atoms with Gasteiger partial charge in [-0.25, -0.2) is 0 Å². The Hall–Kier alpha value is -0.860. The molecular weight excluding hydrogens is 212 g/mol. The molecule has 1 heterocycles. The summed E-state index contributed by atoms with van der Waals surface area (Å²) in [5.74, 6) is 0.628. The molecule has 17 heavy (non-hydrogen) atoms. The molecule has 2 heteroatoms. The summed E-state index contributed by atoms with van der Waals surface area (Å²) in [5.41, 5.74) is 2.50. The van der Waals surface area contributed by atoms with Crippen molar-refractivity contribution in [3.05, 3.63) is 35.4 Å². The third-order valence-electron chi connectivity index (χ3n) is 3.42. The highest BCUT2D eigenvalue weighted by Gasteiger charge is 2.26. The Morgan fingerprint density at radius 3 is 2.82 bits per heavy atom. The van der Waals surface area contributed by atoms with Crippen molar-refractivity contribution < 1.29 is 9.84 Å². The van der Waals surface area contributed by atoms with Gasteiger partial charge >= 0.3 is 0 Å². The van der Waals surface area contributed by atoms with E-state index in [0.29, 0.717) is 5.92 Å². The first-order valence-corrected chi connectivity index (χ1v) is 6.56. The molecule has 0 aromatic heterocycles. The minimum atomic E-state index is -0.376. The molecule has 1 aromatic rings. The first-order chi connectivity index (χ1) is 8.18. The maximum Gasteiger partial charge on any atom is 0.109 e. The Kier molecular flexibility index (Phi) is 4.19. The van der Waals surface area contributed by atoms with Crippen LogP contribution >= 0.6 is 0 Å². The Balaban J connectivity index is 2.07. The monoisotopic (exact) mass is 234 g/mol. The molecule has 0 spiro atoms. The average molecular weight is 234 g/mol.